The van der Waals surface area contributed by atoms with E-state index in [0.29, 0.717) is 4.88 Å². The first kappa shape index (κ1) is 10.6. The summed E-state index contributed by atoms with van der Waals surface area (Å²) in [6.45, 7) is 0. The van der Waals surface area contributed by atoms with Crippen molar-refractivity contribution in [2.24, 2.45) is 0 Å². The van der Waals surface area contributed by atoms with E-state index in [1.54, 1.807) is 24.3 Å². The van der Waals surface area contributed by atoms with Crippen molar-refractivity contribution < 1.29 is 14.7 Å². The van der Waals surface area contributed by atoms with Gasteiger partial charge in [-0.1, -0.05) is 12.1 Å². The van der Waals surface area contributed by atoms with Gasteiger partial charge in [0.1, 0.15) is 0 Å². The summed E-state index contributed by atoms with van der Waals surface area (Å²) in [6, 6.07) is 10.2. The Kier molecular flexibility index (Phi) is 2.83. The minimum atomic E-state index is -0.950. The van der Waals surface area contributed by atoms with E-state index >= 15 is 0 Å². The summed E-state index contributed by atoms with van der Waals surface area (Å²) in [5.41, 5.74) is 1.07. The molecule has 0 bridgehead atoms. The number of rotatable bonds is 3. The highest BCUT2D eigenvalue weighted by Crippen LogP contribution is 2.27. The zero-order chi connectivity index (χ0) is 11.5. The average Bonchev–Trinajstić information content (AvgIpc) is 2.77. The molecule has 0 fully saturated rings. The zero-order valence-corrected chi connectivity index (χ0v) is 9.03. The van der Waals surface area contributed by atoms with Crippen LogP contribution in [0.1, 0.15) is 20.0 Å². The quantitative estimate of drug-likeness (QED) is 0.828. The van der Waals surface area contributed by atoms with E-state index in [4.69, 9.17) is 5.11 Å². The van der Waals surface area contributed by atoms with Gasteiger partial charge >= 0.3 is 5.97 Å². The van der Waals surface area contributed by atoms with Crippen LogP contribution in [-0.4, -0.2) is 17.4 Å². The topological polar surface area (TPSA) is 54.4 Å². The van der Waals surface area contributed by atoms with Crippen LogP contribution in [0.5, 0.6) is 0 Å². The number of thiophene rings is 1. The molecule has 80 valence electrons. The third kappa shape index (κ3) is 2.01. The molecule has 0 radical (unpaired) electrons. The number of hydrogen-bond donors (Lipinski definition) is 1. The maximum atomic E-state index is 10.8. The zero-order valence-electron chi connectivity index (χ0n) is 8.21. The lowest BCUT2D eigenvalue weighted by Gasteiger charge is -1.98. The molecule has 1 heterocycles. The van der Waals surface area contributed by atoms with Crippen LogP contribution >= 0.6 is 11.3 Å². The van der Waals surface area contributed by atoms with E-state index in [1.165, 1.54) is 11.3 Å². The predicted octanol–water partition coefficient (Wildman–Crippen LogP) is 2.93. The van der Waals surface area contributed by atoms with Crippen LogP contribution in [-0.2, 0) is 0 Å². The Hall–Kier alpha value is -1.94. The molecule has 2 rings (SSSR count). The van der Waals surface area contributed by atoms with E-state index in [0.717, 1.165) is 16.7 Å². The smallest absolute Gasteiger partial charge is 0.335 e. The van der Waals surface area contributed by atoms with Crippen molar-refractivity contribution in [2.75, 3.05) is 0 Å². The first-order chi connectivity index (χ1) is 7.70. The minimum Gasteiger partial charge on any atom is -0.478 e. The number of hydrogen-bond acceptors (Lipinski definition) is 3. The number of aromatic carboxylic acids is 1. The summed E-state index contributed by atoms with van der Waals surface area (Å²) in [4.78, 5) is 22.9. The van der Waals surface area contributed by atoms with E-state index in [-0.39, 0.29) is 5.56 Å². The fraction of sp³-hybridized carbons (Fsp3) is 0. The number of aldehydes is 1. The molecular weight excluding hydrogens is 224 g/mol. The lowest BCUT2D eigenvalue weighted by Crippen LogP contribution is -1.95. The third-order valence-corrected chi connectivity index (χ3v) is 3.20. The third-order valence-electron chi connectivity index (χ3n) is 2.14. The molecule has 1 N–H and O–H groups in total. The molecule has 0 saturated carbocycles. The van der Waals surface area contributed by atoms with Crippen molar-refractivity contribution in [3.63, 3.8) is 0 Å². The lowest BCUT2D eigenvalue weighted by molar-refractivity contribution is 0.0697. The minimum absolute atomic E-state index is 0.249. The molecule has 0 saturated heterocycles. The Morgan fingerprint density at radius 1 is 1.25 bits per heavy atom. The molecule has 16 heavy (non-hydrogen) atoms. The molecule has 0 spiro atoms. The average molecular weight is 232 g/mol. The number of carboxylic acid groups (broad SMARTS) is 1. The second kappa shape index (κ2) is 4.28. The molecule has 1 aromatic carbocycles. The summed E-state index contributed by atoms with van der Waals surface area (Å²) in [7, 11) is 0. The van der Waals surface area contributed by atoms with Gasteiger partial charge in [-0.05, 0) is 29.8 Å². The van der Waals surface area contributed by atoms with Crippen LogP contribution in [0.25, 0.3) is 10.4 Å². The van der Waals surface area contributed by atoms with Gasteiger partial charge in [-0.3, -0.25) is 4.79 Å². The summed E-state index contributed by atoms with van der Waals surface area (Å²) < 4.78 is 0. The Labute approximate surface area is 96.0 Å². The maximum Gasteiger partial charge on any atom is 0.335 e. The van der Waals surface area contributed by atoms with E-state index in [9.17, 15) is 9.59 Å². The fourth-order valence-electron chi connectivity index (χ4n) is 1.38. The largest absolute Gasteiger partial charge is 0.478 e. The van der Waals surface area contributed by atoms with Crippen molar-refractivity contribution in [1.82, 2.24) is 0 Å². The number of carbonyl (C=O) groups is 2. The highest BCUT2D eigenvalue weighted by molar-refractivity contribution is 7.17. The number of carboxylic acids is 1. The van der Waals surface area contributed by atoms with Crippen molar-refractivity contribution in [3.05, 3.63) is 46.8 Å². The normalized spacial score (nSPS) is 10.0. The van der Waals surface area contributed by atoms with Crippen molar-refractivity contribution in [2.45, 2.75) is 0 Å². The van der Waals surface area contributed by atoms with Gasteiger partial charge in [0, 0.05) is 4.88 Å². The van der Waals surface area contributed by atoms with Crippen LogP contribution in [0.15, 0.2) is 36.4 Å². The molecular formula is C12H8O3S. The fourth-order valence-corrected chi connectivity index (χ4v) is 2.20. The monoisotopic (exact) mass is 232 g/mol. The van der Waals surface area contributed by atoms with Crippen LogP contribution < -0.4 is 0 Å². The van der Waals surface area contributed by atoms with Crippen molar-refractivity contribution >= 4 is 23.6 Å². The molecule has 1 aromatic heterocycles. The van der Waals surface area contributed by atoms with Crippen molar-refractivity contribution in [1.29, 1.82) is 0 Å². The summed E-state index contributed by atoms with van der Waals surface area (Å²) in [5.74, 6) is -0.950. The molecule has 0 atom stereocenters. The molecule has 0 aliphatic rings. The van der Waals surface area contributed by atoms with Crippen LogP contribution in [0.2, 0.25) is 0 Å². The molecule has 0 unspecified atom stereocenters. The van der Waals surface area contributed by atoms with Gasteiger partial charge in [-0.25, -0.2) is 4.79 Å². The summed E-state index contributed by atoms with van der Waals surface area (Å²) >= 11 is 1.35. The van der Waals surface area contributed by atoms with Crippen LogP contribution in [0.3, 0.4) is 0 Å². The molecule has 0 aliphatic carbocycles. The van der Waals surface area contributed by atoms with Gasteiger partial charge in [0.15, 0.2) is 6.29 Å². The standard InChI is InChI=1S/C12H8O3S/c13-7-10-4-5-11(16-10)8-2-1-3-9(6-8)12(14)15/h1-7H,(H,14,15). The molecule has 2 aromatic rings. The molecule has 0 amide bonds. The summed E-state index contributed by atoms with van der Waals surface area (Å²) in [5, 5.41) is 8.85. The van der Waals surface area contributed by atoms with Gasteiger partial charge in [0.05, 0.1) is 10.4 Å². The van der Waals surface area contributed by atoms with E-state index in [2.05, 4.69) is 0 Å². The summed E-state index contributed by atoms with van der Waals surface area (Å²) in [6.07, 6.45) is 0.787. The van der Waals surface area contributed by atoms with Gasteiger partial charge in [-0.15, -0.1) is 11.3 Å². The SMILES string of the molecule is O=Cc1ccc(-c2cccc(C(=O)O)c2)s1. The molecule has 3 nitrogen and oxygen atoms in total. The van der Waals surface area contributed by atoms with E-state index in [1.807, 2.05) is 12.1 Å². The highest BCUT2D eigenvalue weighted by atomic mass is 32.1. The van der Waals surface area contributed by atoms with Gasteiger partial charge in [-0.2, -0.15) is 0 Å². The second-order valence-electron chi connectivity index (χ2n) is 3.21. The van der Waals surface area contributed by atoms with Gasteiger partial charge in [0.25, 0.3) is 0 Å². The second-order valence-corrected chi connectivity index (χ2v) is 4.32. The first-order valence-electron chi connectivity index (χ1n) is 4.59. The Morgan fingerprint density at radius 2 is 2.06 bits per heavy atom. The van der Waals surface area contributed by atoms with Gasteiger partial charge in [0.2, 0.25) is 0 Å². The van der Waals surface area contributed by atoms with E-state index < -0.39 is 5.97 Å². The molecule has 4 heteroatoms. The maximum absolute atomic E-state index is 10.8. The first-order valence-corrected chi connectivity index (χ1v) is 5.41. The van der Waals surface area contributed by atoms with Crippen molar-refractivity contribution in [3.8, 4) is 10.4 Å². The lowest BCUT2D eigenvalue weighted by atomic mass is 10.1. The number of carbonyl (C=O) groups excluding carboxylic acids is 1. The Morgan fingerprint density at radius 3 is 2.69 bits per heavy atom. The van der Waals surface area contributed by atoms with Gasteiger partial charge < -0.3 is 5.11 Å². The van der Waals surface area contributed by atoms with Crippen LogP contribution in [0, 0.1) is 0 Å². The predicted molar refractivity (Wildman–Crippen MR) is 62.1 cm³/mol. The number of benzene rings is 1. The molecule has 0 aliphatic heterocycles. The Bertz CT molecular complexity index is 543. The highest BCUT2D eigenvalue weighted by Gasteiger charge is 2.06. The Balaban J connectivity index is 2.43. The van der Waals surface area contributed by atoms with Crippen LogP contribution in [0.4, 0.5) is 0 Å².